The zero-order valence-corrected chi connectivity index (χ0v) is 12.4. The zero-order valence-electron chi connectivity index (χ0n) is 11.6. The normalized spacial score (nSPS) is 10.8. The first-order chi connectivity index (χ1) is 9.47. The molecule has 0 aliphatic heterocycles. The number of carbonyl (C=O) groups excluding carboxylic acids is 1. The smallest absolute Gasteiger partial charge is 0.230 e. The van der Waals surface area contributed by atoms with Crippen LogP contribution < -0.4 is 16.8 Å². The zero-order chi connectivity index (χ0) is 15.0. The van der Waals surface area contributed by atoms with Gasteiger partial charge in [0.25, 0.3) is 0 Å². The summed E-state index contributed by atoms with van der Waals surface area (Å²) in [6.45, 7) is 5.15. The van der Waals surface area contributed by atoms with Crippen molar-refractivity contribution in [2.75, 3.05) is 30.4 Å². The van der Waals surface area contributed by atoms with Crippen LogP contribution in [0.3, 0.4) is 0 Å². The highest BCUT2D eigenvalue weighted by Crippen LogP contribution is 2.13. The topological polar surface area (TPSA) is 129 Å². The number of nitrogens with zero attached hydrogens (tertiary/aromatic N) is 3. The molecule has 9 heteroatoms. The van der Waals surface area contributed by atoms with Gasteiger partial charge in [0.15, 0.2) is 5.16 Å². The van der Waals surface area contributed by atoms with E-state index < -0.39 is 0 Å². The van der Waals surface area contributed by atoms with E-state index in [4.69, 9.17) is 16.2 Å². The Balaban J connectivity index is 2.19. The lowest BCUT2D eigenvalue weighted by atomic mass is 10.4. The molecule has 0 atom stereocenters. The van der Waals surface area contributed by atoms with Gasteiger partial charge in [0.05, 0.1) is 11.9 Å². The Morgan fingerprint density at radius 1 is 1.30 bits per heavy atom. The second-order valence-corrected chi connectivity index (χ2v) is 5.19. The molecule has 0 fully saturated rings. The monoisotopic (exact) mass is 300 g/mol. The molecule has 1 amide bonds. The van der Waals surface area contributed by atoms with Crippen LogP contribution in [0, 0.1) is 0 Å². The first-order valence-electron chi connectivity index (χ1n) is 6.25. The molecule has 0 spiro atoms. The summed E-state index contributed by atoms with van der Waals surface area (Å²) in [6, 6.07) is 0. The molecule has 0 bridgehead atoms. The van der Waals surface area contributed by atoms with Gasteiger partial charge in [-0.05, 0) is 20.3 Å². The number of hydrogen-bond donors (Lipinski definition) is 3. The van der Waals surface area contributed by atoms with Crippen LogP contribution in [0.2, 0.25) is 0 Å². The minimum Gasteiger partial charge on any atom is -0.379 e. The highest BCUT2D eigenvalue weighted by molar-refractivity contribution is 7.99. The fourth-order valence-electron chi connectivity index (χ4n) is 1.25. The van der Waals surface area contributed by atoms with Crippen molar-refractivity contribution >= 4 is 29.6 Å². The van der Waals surface area contributed by atoms with Crippen LogP contribution in [0.1, 0.15) is 20.3 Å². The Bertz CT molecular complexity index is 423. The van der Waals surface area contributed by atoms with E-state index in [0.29, 0.717) is 18.3 Å². The lowest BCUT2D eigenvalue weighted by molar-refractivity contribution is -0.118. The molecular weight excluding hydrogens is 280 g/mol. The van der Waals surface area contributed by atoms with Crippen molar-refractivity contribution in [3.63, 3.8) is 0 Å². The molecule has 8 nitrogen and oxygen atoms in total. The van der Waals surface area contributed by atoms with E-state index >= 15 is 0 Å². The molecule has 5 N–H and O–H groups in total. The Kier molecular flexibility index (Phi) is 7.02. The number of thioether (sulfide) groups is 1. The molecule has 0 aliphatic carbocycles. The van der Waals surface area contributed by atoms with E-state index in [1.807, 2.05) is 13.8 Å². The van der Waals surface area contributed by atoms with Crippen LogP contribution in [0.4, 0.5) is 11.9 Å². The number of nitrogen functional groups attached to an aromatic ring is 2. The van der Waals surface area contributed by atoms with Crippen LogP contribution in [0.5, 0.6) is 0 Å². The first-order valence-corrected chi connectivity index (χ1v) is 7.24. The summed E-state index contributed by atoms with van der Waals surface area (Å²) in [5.74, 6) is 0.197. The molecule has 0 aromatic carbocycles. The molecule has 1 aromatic heterocycles. The lowest BCUT2D eigenvalue weighted by Gasteiger charge is -2.08. The molecule has 0 radical (unpaired) electrons. The van der Waals surface area contributed by atoms with Crippen molar-refractivity contribution in [3.05, 3.63) is 0 Å². The predicted octanol–water partition coefficient (Wildman–Crippen LogP) is 0.0594. The highest BCUT2D eigenvalue weighted by atomic mass is 32.2. The van der Waals surface area contributed by atoms with E-state index in [2.05, 4.69) is 20.3 Å². The number of carbonyl (C=O) groups is 1. The number of ether oxygens (including phenoxy) is 1. The second kappa shape index (κ2) is 8.54. The minimum atomic E-state index is -0.0999. The van der Waals surface area contributed by atoms with E-state index in [-0.39, 0.29) is 29.7 Å². The fourth-order valence-corrected chi connectivity index (χ4v) is 1.93. The molecule has 0 aliphatic rings. The minimum absolute atomic E-state index is 0.0474. The number of aromatic nitrogens is 3. The number of amides is 1. The van der Waals surface area contributed by atoms with Gasteiger partial charge < -0.3 is 21.5 Å². The lowest BCUT2D eigenvalue weighted by Crippen LogP contribution is -2.27. The molecule has 112 valence electrons. The number of anilines is 2. The van der Waals surface area contributed by atoms with Crippen molar-refractivity contribution in [1.29, 1.82) is 0 Å². The number of nitrogens with two attached hydrogens (primary N) is 2. The third-order valence-corrected chi connectivity index (χ3v) is 2.92. The quantitative estimate of drug-likeness (QED) is 0.454. The summed E-state index contributed by atoms with van der Waals surface area (Å²) in [6.07, 6.45) is 0.987. The summed E-state index contributed by atoms with van der Waals surface area (Å²) in [5.41, 5.74) is 10.9. The van der Waals surface area contributed by atoms with E-state index in [1.54, 1.807) is 0 Å². The largest absolute Gasteiger partial charge is 0.379 e. The van der Waals surface area contributed by atoms with Gasteiger partial charge in [-0.2, -0.15) is 15.0 Å². The molecule has 0 saturated heterocycles. The van der Waals surface area contributed by atoms with Gasteiger partial charge in [0, 0.05) is 13.2 Å². The van der Waals surface area contributed by atoms with Gasteiger partial charge >= 0.3 is 0 Å². The third kappa shape index (κ3) is 7.10. The van der Waals surface area contributed by atoms with Crippen LogP contribution >= 0.6 is 11.8 Å². The van der Waals surface area contributed by atoms with Crippen molar-refractivity contribution < 1.29 is 9.53 Å². The molecule has 1 rings (SSSR count). The van der Waals surface area contributed by atoms with Crippen LogP contribution in [-0.2, 0) is 9.53 Å². The molecule has 1 aromatic rings. The molecule has 1 heterocycles. The average molecular weight is 300 g/mol. The summed E-state index contributed by atoms with van der Waals surface area (Å²) in [5, 5.41) is 3.12. The molecular formula is C11H20N6O2S. The van der Waals surface area contributed by atoms with Crippen molar-refractivity contribution in [2.24, 2.45) is 0 Å². The van der Waals surface area contributed by atoms with Crippen molar-refractivity contribution in [2.45, 2.75) is 31.5 Å². The van der Waals surface area contributed by atoms with Gasteiger partial charge in [-0.3, -0.25) is 4.79 Å². The molecule has 0 unspecified atom stereocenters. The maximum atomic E-state index is 11.6. The number of rotatable bonds is 8. The number of hydrogen-bond acceptors (Lipinski definition) is 8. The van der Waals surface area contributed by atoms with E-state index in [9.17, 15) is 4.79 Å². The third-order valence-electron chi connectivity index (χ3n) is 2.08. The summed E-state index contributed by atoms with van der Waals surface area (Å²) >= 11 is 1.16. The SMILES string of the molecule is CC(C)OCCCNC(=O)CSc1nc(N)nc(N)n1. The fraction of sp³-hybridized carbons (Fsp3) is 0.636. The average Bonchev–Trinajstić information content (AvgIpc) is 2.34. The van der Waals surface area contributed by atoms with Crippen LogP contribution in [0.25, 0.3) is 0 Å². The van der Waals surface area contributed by atoms with Crippen LogP contribution in [-0.4, -0.2) is 45.9 Å². The Labute approximate surface area is 122 Å². The van der Waals surface area contributed by atoms with E-state index in [0.717, 1.165) is 18.2 Å². The maximum absolute atomic E-state index is 11.6. The summed E-state index contributed by atoms with van der Waals surface area (Å²) < 4.78 is 5.37. The van der Waals surface area contributed by atoms with Gasteiger partial charge in [0.2, 0.25) is 17.8 Å². The molecule has 0 saturated carbocycles. The van der Waals surface area contributed by atoms with Crippen molar-refractivity contribution in [1.82, 2.24) is 20.3 Å². The maximum Gasteiger partial charge on any atom is 0.230 e. The van der Waals surface area contributed by atoms with Gasteiger partial charge in [-0.1, -0.05) is 11.8 Å². The van der Waals surface area contributed by atoms with Crippen LogP contribution in [0.15, 0.2) is 5.16 Å². The van der Waals surface area contributed by atoms with Gasteiger partial charge in [-0.15, -0.1) is 0 Å². The van der Waals surface area contributed by atoms with Crippen molar-refractivity contribution in [3.8, 4) is 0 Å². The summed E-state index contributed by atoms with van der Waals surface area (Å²) in [7, 11) is 0. The van der Waals surface area contributed by atoms with E-state index in [1.165, 1.54) is 0 Å². The Morgan fingerprint density at radius 3 is 2.55 bits per heavy atom. The Morgan fingerprint density at radius 2 is 1.95 bits per heavy atom. The number of nitrogens with one attached hydrogen (secondary N) is 1. The first kappa shape index (κ1) is 16.4. The second-order valence-electron chi connectivity index (χ2n) is 4.25. The molecule has 20 heavy (non-hydrogen) atoms. The van der Waals surface area contributed by atoms with Gasteiger partial charge in [0.1, 0.15) is 0 Å². The predicted molar refractivity (Wildman–Crippen MR) is 78.1 cm³/mol. The highest BCUT2D eigenvalue weighted by Gasteiger charge is 2.06. The summed E-state index contributed by atoms with van der Waals surface area (Å²) in [4.78, 5) is 23.0. The van der Waals surface area contributed by atoms with Gasteiger partial charge in [-0.25, -0.2) is 0 Å². The standard InChI is InChI=1S/C11H20N6O2S/c1-7(2)19-5-3-4-14-8(18)6-20-11-16-9(12)15-10(13)17-11/h7H,3-6H2,1-2H3,(H,14,18)(H4,12,13,15,16,17). The Hall–Kier alpha value is -1.61.